The van der Waals surface area contributed by atoms with Crippen LogP contribution in [0, 0.1) is 5.82 Å². The molecule has 1 aliphatic heterocycles. The Balaban J connectivity index is 1.61. The van der Waals surface area contributed by atoms with Gasteiger partial charge in [-0.3, -0.25) is 14.5 Å². The second-order valence-electron chi connectivity index (χ2n) is 7.43. The zero-order chi connectivity index (χ0) is 22.7. The van der Waals surface area contributed by atoms with Crippen LogP contribution in [0.15, 0.2) is 78.9 Å². The van der Waals surface area contributed by atoms with E-state index in [1.54, 1.807) is 24.3 Å². The molecular weight excluding hydrogens is 433 g/mol. The van der Waals surface area contributed by atoms with Crippen LogP contribution in [0.3, 0.4) is 0 Å². The van der Waals surface area contributed by atoms with Crippen molar-refractivity contribution >= 4 is 35.1 Å². The predicted octanol–water partition coefficient (Wildman–Crippen LogP) is 4.11. The van der Waals surface area contributed by atoms with E-state index in [1.165, 1.54) is 12.1 Å². The largest absolute Gasteiger partial charge is 0.325 e. The lowest BCUT2D eigenvalue weighted by Gasteiger charge is -2.27. The maximum atomic E-state index is 14.0. The highest BCUT2D eigenvalue weighted by Gasteiger charge is 2.52. The molecule has 0 aromatic heterocycles. The average Bonchev–Trinajstić information content (AvgIpc) is 3.02. The number of hydrogen-bond donors (Lipinski definition) is 2. The van der Waals surface area contributed by atoms with E-state index in [0.717, 1.165) is 16.5 Å². The molecule has 1 saturated heterocycles. The molecule has 0 spiro atoms. The van der Waals surface area contributed by atoms with Gasteiger partial charge in [-0.25, -0.2) is 9.18 Å². The Morgan fingerprint density at radius 2 is 1.66 bits per heavy atom. The first-order chi connectivity index (χ1) is 15.4. The topological polar surface area (TPSA) is 78.5 Å². The molecule has 4 amide bonds. The molecule has 6 nitrogen and oxygen atoms in total. The first-order valence-corrected chi connectivity index (χ1v) is 10.3. The molecule has 1 fully saturated rings. The Morgan fingerprint density at radius 3 is 2.34 bits per heavy atom. The van der Waals surface area contributed by atoms with E-state index < -0.39 is 35.7 Å². The molecule has 0 aliphatic carbocycles. The second kappa shape index (κ2) is 8.80. The lowest BCUT2D eigenvalue weighted by atomic mass is 9.83. The number of anilines is 1. The van der Waals surface area contributed by atoms with Gasteiger partial charge >= 0.3 is 6.03 Å². The van der Waals surface area contributed by atoms with Crippen molar-refractivity contribution < 1.29 is 18.8 Å². The zero-order valence-electron chi connectivity index (χ0n) is 16.8. The number of hydrogen-bond acceptors (Lipinski definition) is 3. The van der Waals surface area contributed by atoms with E-state index in [0.29, 0.717) is 5.56 Å². The minimum absolute atomic E-state index is 0.131. The molecule has 0 bridgehead atoms. The van der Waals surface area contributed by atoms with E-state index >= 15 is 0 Å². The van der Waals surface area contributed by atoms with Crippen molar-refractivity contribution in [3.63, 3.8) is 0 Å². The van der Waals surface area contributed by atoms with Gasteiger partial charge in [-0.15, -0.1) is 0 Å². The quantitative estimate of drug-likeness (QED) is 0.554. The molecule has 1 aliphatic rings. The lowest BCUT2D eigenvalue weighted by Crippen LogP contribution is -2.46. The molecule has 3 aromatic carbocycles. The summed E-state index contributed by atoms with van der Waals surface area (Å²) in [6.07, 6.45) is 0.212. The van der Waals surface area contributed by atoms with Gasteiger partial charge in [0.1, 0.15) is 12.4 Å². The first-order valence-electron chi connectivity index (χ1n) is 9.87. The summed E-state index contributed by atoms with van der Waals surface area (Å²) < 4.78 is 14.0. The van der Waals surface area contributed by atoms with Crippen LogP contribution in [0.2, 0.25) is 5.02 Å². The number of carbonyl (C=O) groups excluding carboxylic acids is 3. The van der Waals surface area contributed by atoms with Crippen molar-refractivity contribution in [1.82, 2.24) is 10.2 Å². The molecule has 1 heterocycles. The number of nitrogens with one attached hydrogen (secondary N) is 2. The zero-order valence-corrected chi connectivity index (χ0v) is 17.6. The van der Waals surface area contributed by atoms with Gasteiger partial charge in [0.2, 0.25) is 5.91 Å². The van der Waals surface area contributed by atoms with Crippen LogP contribution in [0.4, 0.5) is 14.9 Å². The second-order valence-corrected chi connectivity index (χ2v) is 7.86. The molecule has 1 atom stereocenters. The van der Waals surface area contributed by atoms with Crippen LogP contribution >= 0.6 is 11.6 Å². The SMILES string of the molecule is O=C(CN1C(=O)NC(Cc2ccccc2)(c2ccccc2)C1=O)Nc1cc(Cl)ccc1F. The molecule has 32 heavy (non-hydrogen) atoms. The number of benzene rings is 3. The summed E-state index contributed by atoms with van der Waals surface area (Å²) >= 11 is 5.85. The van der Waals surface area contributed by atoms with Crippen molar-refractivity contribution in [2.45, 2.75) is 12.0 Å². The van der Waals surface area contributed by atoms with Crippen LogP contribution in [0.25, 0.3) is 0 Å². The van der Waals surface area contributed by atoms with Gasteiger partial charge in [0.25, 0.3) is 5.91 Å². The number of nitrogens with zero attached hydrogens (tertiary/aromatic N) is 1. The third kappa shape index (κ3) is 4.20. The number of carbonyl (C=O) groups is 3. The van der Waals surface area contributed by atoms with E-state index in [9.17, 15) is 18.8 Å². The van der Waals surface area contributed by atoms with E-state index in [2.05, 4.69) is 10.6 Å². The van der Waals surface area contributed by atoms with Crippen LogP contribution in [0.1, 0.15) is 11.1 Å². The number of amides is 4. The molecule has 162 valence electrons. The van der Waals surface area contributed by atoms with Crippen LogP contribution in [0.5, 0.6) is 0 Å². The van der Waals surface area contributed by atoms with Gasteiger partial charge in [0.05, 0.1) is 5.69 Å². The molecule has 4 rings (SSSR count). The van der Waals surface area contributed by atoms with Crippen molar-refractivity contribution in [3.05, 3.63) is 101 Å². The highest BCUT2D eigenvalue weighted by atomic mass is 35.5. The maximum absolute atomic E-state index is 14.0. The fourth-order valence-corrected chi connectivity index (χ4v) is 3.91. The monoisotopic (exact) mass is 451 g/mol. The minimum atomic E-state index is -1.36. The predicted molar refractivity (Wildman–Crippen MR) is 119 cm³/mol. The summed E-state index contributed by atoms with van der Waals surface area (Å²) in [7, 11) is 0. The standard InChI is InChI=1S/C24H19ClFN3O3/c25-18-11-12-19(26)20(13-18)27-21(30)15-29-22(31)24(28-23(29)32,17-9-5-2-6-10-17)14-16-7-3-1-4-8-16/h1-13H,14-15H2,(H,27,30)(H,28,32). The maximum Gasteiger partial charge on any atom is 0.325 e. The molecule has 8 heteroatoms. The van der Waals surface area contributed by atoms with Crippen LogP contribution in [-0.4, -0.2) is 29.3 Å². The number of urea groups is 1. The average molecular weight is 452 g/mol. The fraction of sp³-hybridized carbons (Fsp3) is 0.125. The van der Waals surface area contributed by atoms with Gasteiger partial charge in [0.15, 0.2) is 5.54 Å². The minimum Gasteiger partial charge on any atom is -0.322 e. The summed E-state index contributed by atoms with van der Waals surface area (Å²) in [6.45, 7) is -0.569. The van der Waals surface area contributed by atoms with Crippen molar-refractivity contribution in [3.8, 4) is 0 Å². The number of imide groups is 1. The Kier molecular flexibility index (Phi) is 5.92. The highest BCUT2D eigenvalue weighted by Crippen LogP contribution is 2.33. The third-order valence-corrected chi connectivity index (χ3v) is 5.49. The van der Waals surface area contributed by atoms with E-state index in [-0.39, 0.29) is 17.1 Å². The molecule has 3 aromatic rings. The Morgan fingerprint density at radius 1 is 1.00 bits per heavy atom. The van der Waals surface area contributed by atoms with E-state index in [1.807, 2.05) is 36.4 Å². The number of rotatable bonds is 6. The van der Waals surface area contributed by atoms with Crippen molar-refractivity contribution in [2.75, 3.05) is 11.9 Å². The summed E-state index contributed by atoms with van der Waals surface area (Å²) in [4.78, 5) is 39.7. The van der Waals surface area contributed by atoms with Crippen LogP contribution in [-0.2, 0) is 21.5 Å². The molecule has 1 unspecified atom stereocenters. The Labute approximate surface area is 189 Å². The van der Waals surface area contributed by atoms with Gasteiger partial charge in [-0.2, -0.15) is 0 Å². The Bertz CT molecular complexity index is 1170. The smallest absolute Gasteiger partial charge is 0.322 e. The van der Waals surface area contributed by atoms with E-state index in [4.69, 9.17) is 11.6 Å². The summed E-state index contributed by atoms with van der Waals surface area (Å²) in [5, 5.41) is 5.39. The summed E-state index contributed by atoms with van der Waals surface area (Å²) in [5.74, 6) is -1.96. The molecular formula is C24H19ClFN3O3. The summed E-state index contributed by atoms with van der Waals surface area (Å²) in [5.41, 5.74) is -0.0437. The third-order valence-electron chi connectivity index (χ3n) is 5.26. The first kappa shape index (κ1) is 21.5. The summed E-state index contributed by atoms with van der Waals surface area (Å²) in [6, 6.07) is 21.2. The fourth-order valence-electron chi connectivity index (χ4n) is 3.74. The van der Waals surface area contributed by atoms with Gasteiger partial charge in [-0.1, -0.05) is 72.3 Å². The number of halogens is 2. The Hall–Kier alpha value is -3.71. The van der Waals surface area contributed by atoms with Crippen molar-refractivity contribution in [1.29, 1.82) is 0 Å². The molecule has 0 radical (unpaired) electrons. The van der Waals surface area contributed by atoms with Crippen LogP contribution < -0.4 is 10.6 Å². The highest BCUT2D eigenvalue weighted by molar-refractivity contribution is 6.30. The normalized spacial score (nSPS) is 17.9. The van der Waals surface area contributed by atoms with Gasteiger partial charge in [-0.05, 0) is 29.3 Å². The molecule has 0 saturated carbocycles. The van der Waals surface area contributed by atoms with Gasteiger partial charge < -0.3 is 10.6 Å². The lowest BCUT2D eigenvalue weighted by molar-refractivity contribution is -0.134. The molecule has 2 N–H and O–H groups in total. The van der Waals surface area contributed by atoms with Crippen molar-refractivity contribution in [2.24, 2.45) is 0 Å². The van der Waals surface area contributed by atoms with Gasteiger partial charge in [0, 0.05) is 11.4 Å².